The van der Waals surface area contributed by atoms with Crippen LogP contribution < -0.4 is 10.9 Å². The van der Waals surface area contributed by atoms with Crippen LogP contribution in [0.25, 0.3) is 0 Å². The van der Waals surface area contributed by atoms with E-state index in [1.54, 1.807) is 6.07 Å². The molecule has 0 saturated heterocycles. The summed E-state index contributed by atoms with van der Waals surface area (Å²) >= 11 is 0. The van der Waals surface area contributed by atoms with E-state index in [0.29, 0.717) is 12.3 Å². The minimum absolute atomic E-state index is 0.0651. The number of benzene rings is 1. The Morgan fingerprint density at radius 2 is 2.22 bits per heavy atom. The maximum absolute atomic E-state index is 13.6. The first-order valence-corrected chi connectivity index (χ1v) is 7.27. The second kappa shape index (κ2) is 5.92. The highest BCUT2D eigenvalue weighted by Gasteiger charge is 2.26. The van der Waals surface area contributed by atoms with Crippen LogP contribution in [0.4, 0.5) is 10.1 Å². The molecule has 2 atom stereocenters. The number of carbonyl (C=O) groups excluding carboxylic acids is 1. The molecule has 1 N–H and O–H groups in total. The van der Waals surface area contributed by atoms with Crippen LogP contribution in [0.15, 0.2) is 35.1 Å². The van der Waals surface area contributed by atoms with Crippen LogP contribution in [-0.4, -0.2) is 15.7 Å². The molecular weight excluding hydrogens is 301 g/mol. The lowest BCUT2D eigenvalue weighted by atomic mass is 10.2. The monoisotopic (exact) mass is 317 g/mol. The lowest BCUT2D eigenvalue weighted by Gasteiger charge is -2.15. The van der Waals surface area contributed by atoms with E-state index in [0.717, 1.165) is 10.2 Å². The smallest absolute Gasteiger partial charge is 0.267 e. The number of hydrogen-bond acceptors (Lipinski definition) is 4. The van der Waals surface area contributed by atoms with Crippen molar-refractivity contribution in [3.8, 4) is 0 Å². The summed E-state index contributed by atoms with van der Waals surface area (Å²) < 4.78 is 20.1. The highest BCUT2D eigenvalue weighted by atomic mass is 19.1. The van der Waals surface area contributed by atoms with Gasteiger partial charge in [-0.1, -0.05) is 12.1 Å². The standard InChI is InChI=1S/C16H16FN3O3/c1-9(16(22)18-13-6-4-3-5-12(13)17)20-14(21)7-11-8-23-10(2)15(11)19-20/h3-7,9-10H,8H2,1-2H3,(H,18,22)/t9-,10+/m1/s1. The highest BCUT2D eigenvalue weighted by molar-refractivity contribution is 5.93. The van der Waals surface area contributed by atoms with Gasteiger partial charge in [0.05, 0.1) is 24.1 Å². The fourth-order valence-electron chi connectivity index (χ4n) is 2.46. The van der Waals surface area contributed by atoms with E-state index in [9.17, 15) is 14.0 Å². The summed E-state index contributed by atoms with van der Waals surface area (Å²) in [5, 5.41) is 6.71. The van der Waals surface area contributed by atoms with Crippen molar-refractivity contribution in [3.05, 3.63) is 57.8 Å². The zero-order chi connectivity index (χ0) is 16.6. The van der Waals surface area contributed by atoms with Crippen LogP contribution in [0.5, 0.6) is 0 Å². The van der Waals surface area contributed by atoms with Crippen molar-refractivity contribution in [2.24, 2.45) is 0 Å². The third-order valence-corrected chi connectivity index (χ3v) is 3.82. The fourth-order valence-corrected chi connectivity index (χ4v) is 2.46. The van der Waals surface area contributed by atoms with Crippen molar-refractivity contribution in [1.29, 1.82) is 0 Å². The van der Waals surface area contributed by atoms with E-state index in [4.69, 9.17) is 4.74 Å². The minimum atomic E-state index is -0.875. The van der Waals surface area contributed by atoms with Crippen LogP contribution in [0.2, 0.25) is 0 Å². The van der Waals surface area contributed by atoms with E-state index in [2.05, 4.69) is 10.4 Å². The van der Waals surface area contributed by atoms with Crippen molar-refractivity contribution in [2.75, 3.05) is 5.32 Å². The summed E-state index contributed by atoms with van der Waals surface area (Å²) in [7, 11) is 0. The minimum Gasteiger partial charge on any atom is -0.367 e. The summed E-state index contributed by atoms with van der Waals surface area (Å²) in [6.07, 6.45) is -0.223. The molecule has 23 heavy (non-hydrogen) atoms. The van der Waals surface area contributed by atoms with Crippen molar-refractivity contribution in [3.63, 3.8) is 0 Å². The molecule has 0 unspecified atom stereocenters. The van der Waals surface area contributed by atoms with E-state index >= 15 is 0 Å². The molecule has 2 heterocycles. The number of amides is 1. The molecular formula is C16H16FN3O3. The number of carbonyl (C=O) groups is 1. The Kier molecular flexibility index (Phi) is 3.96. The molecule has 3 rings (SSSR count). The zero-order valence-corrected chi connectivity index (χ0v) is 12.7. The molecule has 0 spiro atoms. The Balaban J connectivity index is 1.87. The van der Waals surface area contributed by atoms with Gasteiger partial charge >= 0.3 is 0 Å². The summed E-state index contributed by atoms with van der Waals surface area (Å²) in [6.45, 7) is 3.71. The van der Waals surface area contributed by atoms with Crippen LogP contribution in [0.3, 0.4) is 0 Å². The van der Waals surface area contributed by atoms with Gasteiger partial charge in [-0.3, -0.25) is 9.59 Å². The molecule has 0 aliphatic carbocycles. The maximum Gasteiger partial charge on any atom is 0.267 e. The van der Waals surface area contributed by atoms with Gasteiger partial charge < -0.3 is 10.1 Å². The summed E-state index contributed by atoms with van der Waals surface area (Å²) in [5.41, 5.74) is 1.06. The lowest BCUT2D eigenvalue weighted by Crippen LogP contribution is -2.34. The van der Waals surface area contributed by atoms with Gasteiger partial charge in [0.1, 0.15) is 11.9 Å². The number of para-hydroxylation sites is 1. The summed E-state index contributed by atoms with van der Waals surface area (Å²) in [5.74, 6) is -1.06. The lowest BCUT2D eigenvalue weighted by molar-refractivity contribution is -0.119. The average Bonchev–Trinajstić information content (AvgIpc) is 2.88. The van der Waals surface area contributed by atoms with Crippen molar-refractivity contribution < 1.29 is 13.9 Å². The third-order valence-electron chi connectivity index (χ3n) is 3.82. The van der Waals surface area contributed by atoms with Gasteiger partial charge in [-0.2, -0.15) is 5.10 Å². The molecule has 2 aromatic rings. The molecule has 120 valence electrons. The van der Waals surface area contributed by atoms with Crippen LogP contribution >= 0.6 is 0 Å². The Morgan fingerprint density at radius 3 is 2.96 bits per heavy atom. The number of ether oxygens (including phenoxy) is 1. The number of fused-ring (bicyclic) bond motifs is 1. The van der Waals surface area contributed by atoms with Gasteiger partial charge in [-0.25, -0.2) is 9.07 Å². The summed E-state index contributed by atoms with van der Waals surface area (Å²) in [6, 6.07) is 6.40. The number of rotatable bonds is 3. The van der Waals surface area contributed by atoms with Crippen LogP contribution in [-0.2, 0) is 16.1 Å². The Hall–Kier alpha value is -2.54. The van der Waals surface area contributed by atoms with E-state index in [-0.39, 0.29) is 11.8 Å². The number of aromatic nitrogens is 2. The molecule has 1 aromatic carbocycles. The molecule has 1 aliphatic heterocycles. The van der Waals surface area contributed by atoms with Gasteiger partial charge in [0, 0.05) is 11.6 Å². The zero-order valence-electron chi connectivity index (χ0n) is 12.7. The number of hydrogen-bond donors (Lipinski definition) is 1. The first-order chi connectivity index (χ1) is 11.0. The molecule has 0 radical (unpaired) electrons. The Labute approximate surface area is 131 Å². The fraction of sp³-hybridized carbons (Fsp3) is 0.312. The van der Waals surface area contributed by atoms with Gasteiger partial charge in [-0.05, 0) is 26.0 Å². The van der Waals surface area contributed by atoms with Gasteiger partial charge in [0.15, 0.2) is 0 Å². The largest absolute Gasteiger partial charge is 0.367 e. The van der Waals surface area contributed by atoms with Gasteiger partial charge in [0.25, 0.3) is 5.56 Å². The van der Waals surface area contributed by atoms with Crippen molar-refractivity contribution in [2.45, 2.75) is 32.6 Å². The Morgan fingerprint density at radius 1 is 1.48 bits per heavy atom. The molecule has 1 aliphatic rings. The molecule has 1 aromatic heterocycles. The first kappa shape index (κ1) is 15.4. The van der Waals surface area contributed by atoms with Crippen LogP contribution in [0.1, 0.15) is 37.3 Å². The van der Waals surface area contributed by atoms with E-state index in [1.807, 2.05) is 6.92 Å². The quantitative estimate of drug-likeness (QED) is 0.941. The molecule has 6 nitrogen and oxygen atoms in total. The summed E-state index contributed by atoms with van der Waals surface area (Å²) in [4.78, 5) is 24.4. The number of halogens is 1. The molecule has 0 saturated carbocycles. The van der Waals surface area contributed by atoms with E-state index in [1.165, 1.54) is 31.2 Å². The first-order valence-electron chi connectivity index (χ1n) is 7.27. The molecule has 0 bridgehead atoms. The van der Waals surface area contributed by atoms with Crippen LogP contribution in [0, 0.1) is 5.82 Å². The van der Waals surface area contributed by atoms with Crippen molar-refractivity contribution >= 4 is 11.6 Å². The second-order valence-corrected chi connectivity index (χ2v) is 5.44. The highest BCUT2D eigenvalue weighted by Crippen LogP contribution is 2.27. The Bertz CT molecular complexity index is 818. The predicted octanol–water partition coefficient (Wildman–Crippen LogP) is 2.17. The number of anilines is 1. The van der Waals surface area contributed by atoms with Gasteiger partial charge in [0.2, 0.25) is 5.91 Å². The second-order valence-electron chi connectivity index (χ2n) is 5.44. The predicted molar refractivity (Wildman–Crippen MR) is 81.4 cm³/mol. The third kappa shape index (κ3) is 2.87. The van der Waals surface area contributed by atoms with Crippen molar-refractivity contribution in [1.82, 2.24) is 9.78 Å². The topological polar surface area (TPSA) is 73.2 Å². The normalized spacial score (nSPS) is 17.6. The number of nitrogens with zero attached hydrogens (tertiary/aromatic N) is 2. The molecule has 1 amide bonds. The molecule has 0 fully saturated rings. The number of nitrogens with one attached hydrogen (secondary N) is 1. The SMILES string of the molecule is C[C@@H]1OCc2cc(=O)n([C@H](C)C(=O)Nc3ccccc3F)nc21. The average molecular weight is 317 g/mol. The molecule has 7 heteroatoms. The van der Waals surface area contributed by atoms with E-state index < -0.39 is 23.3 Å². The maximum atomic E-state index is 13.6. The van der Waals surface area contributed by atoms with Gasteiger partial charge in [-0.15, -0.1) is 0 Å².